The highest BCUT2D eigenvalue weighted by atomic mass is 35.5. The maximum absolute atomic E-state index is 13.0. The summed E-state index contributed by atoms with van der Waals surface area (Å²) in [5.74, 6) is -0.490. The lowest BCUT2D eigenvalue weighted by Crippen LogP contribution is -2.23. The third-order valence-electron chi connectivity index (χ3n) is 2.93. The smallest absolute Gasteiger partial charge is 0.394 e. The molecule has 1 unspecified atom stereocenters. The predicted octanol–water partition coefficient (Wildman–Crippen LogP) is 4.34. The first kappa shape index (κ1) is 18.6. The summed E-state index contributed by atoms with van der Waals surface area (Å²) in [6.45, 7) is 1.17. The largest absolute Gasteiger partial charge is 0.421 e. The van der Waals surface area contributed by atoms with Crippen LogP contribution in [0.3, 0.4) is 0 Å². The molecule has 2 rings (SSSR count). The molecule has 1 aromatic carbocycles. The number of aromatic nitrogens is 2. The minimum Gasteiger partial charge on any atom is -0.394 e. The highest BCUT2D eigenvalue weighted by molar-refractivity contribution is 6.42. The molecule has 0 radical (unpaired) electrons. The number of aliphatic hydroxyl groups excluding tert-OH is 1. The van der Waals surface area contributed by atoms with Crippen molar-refractivity contribution in [3.8, 4) is 0 Å². The summed E-state index contributed by atoms with van der Waals surface area (Å²) in [7, 11) is 0. The zero-order valence-corrected chi connectivity index (χ0v) is 13.8. The SMILES string of the molecule is CC(CO)Nc1nc(Nc2ccc(Cl)c(Cl)c2)ncc1C(F)(F)F. The van der Waals surface area contributed by atoms with Crippen molar-refractivity contribution in [3.63, 3.8) is 0 Å². The van der Waals surface area contributed by atoms with E-state index in [-0.39, 0.29) is 17.6 Å². The number of anilines is 3. The van der Waals surface area contributed by atoms with E-state index in [4.69, 9.17) is 28.3 Å². The Morgan fingerprint density at radius 3 is 2.54 bits per heavy atom. The van der Waals surface area contributed by atoms with Gasteiger partial charge in [0.05, 0.1) is 16.7 Å². The number of rotatable bonds is 5. The van der Waals surface area contributed by atoms with Crippen molar-refractivity contribution in [2.24, 2.45) is 0 Å². The molecule has 0 spiro atoms. The Morgan fingerprint density at radius 2 is 1.96 bits per heavy atom. The van der Waals surface area contributed by atoms with Crippen molar-refractivity contribution in [2.75, 3.05) is 17.2 Å². The van der Waals surface area contributed by atoms with Gasteiger partial charge >= 0.3 is 6.18 Å². The number of aliphatic hydroxyl groups is 1. The van der Waals surface area contributed by atoms with E-state index in [2.05, 4.69) is 20.6 Å². The molecule has 0 aliphatic heterocycles. The van der Waals surface area contributed by atoms with Gasteiger partial charge < -0.3 is 15.7 Å². The van der Waals surface area contributed by atoms with E-state index in [1.807, 2.05) is 0 Å². The van der Waals surface area contributed by atoms with Crippen LogP contribution in [0, 0.1) is 0 Å². The van der Waals surface area contributed by atoms with Gasteiger partial charge in [-0.25, -0.2) is 4.98 Å². The van der Waals surface area contributed by atoms with Crippen molar-refractivity contribution in [2.45, 2.75) is 19.1 Å². The van der Waals surface area contributed by atoms with Gasteiger partial charge in [0.25, 0.3) is 0 Å². The fraction of sp³-hybridized carbons (Fsp3) is 0.286. The molecule has 1 aromatic heterocycles. The lowest BCUT2D eigenvalue weighted by atomic mass is 10.2. The van der Waals surface area contributed by atoms with Gasteiger partial charge in [0, 0.05) is 17.9 Å². The number of alkyl halides is 3. The lowest BCUT2D eigenvalue weighted by molar-refractivity contribution is -0.137. The van der Waals surface area contributed by atoms with E-state index < -0.39 is 23.6 Å². The van der Waals surface area contributed by atoms with Crippen LogP contribution in [0.25, 0.3) is 0 Å². The van der Waals surface area contributed by atoms with Crippen LogP contribution in [0.1, 0.15) is 12.5 Å². The zero-order chi connectivity index (χ0) is 17.9. The highest BCUT2D eigenvalue weighted by Crippen LogP contribution is 2.34. The maximum Gasteiger partial charge on any atom is 0.421 e. The average molecular weight is 381 g/mol. The summed E-state index contributed by atoms with van der Waals surface area (Å²) in [6, 6.07) is 4.00. The molecule has 0 amide bonds. The third-order valence-corrected chi connectivity index (χ3v) is 3.67. The summed E-state index contributed by atoms with van der Waals surface area (Å²) in [4.78, 5) is 7.50. The summed E-state index contributed by atoms with van der Waals surface area (Å²) in [6.07, 6.45) is -3.96. The molecule has 130 valence electrons. The van der Waals surface area contributed by atoms with Crippen LogP contribution in [0.4, 0.5) is 30.6 Å². The molecule has 24 heavy (non-hydrogen) atoms. The molecule has 0 aliphatic carbocycles. The summed E-state index contributed by atoms with van der Waals surface area (Å²) >= 11 is 11.7. The van der Waals surface area contributed by atoms with Gasteiger partial charge in [-0.3, -0.25) is 0 Å². The number of nitrogens with one attached hydrogen (secondary N) is 2. The van der Waals surface area contributed by atoms with Crippen LogP contribution < -0.4 is 10.6 Å². The fourth-order valence-electron chi connectivity index (χ4n) is 1.74. The molecule has 0 bridgehead atoms. The Hall–Kier alpha value is -1.77. The first-order valence-corrected chi connectivity index (χ1v) is 7.50. The van der Waals surface area contributed by atoms with Gasteiger partial charge in [-0.2, -0.15) is 18.2 Å². The van der Waals surface area contributed by atoms with Crippen LogP contribution in [0.2, 0.25) is 10.0 Å². The van der Waals surface area contributed by atoms with Crippen molar-refractivity contribution in [1.29, 1.82) is 0 Å². The Morgan fingerprint density at radius 1 is 1.25 bits per heavy atom. The summed E-state index contributed by atoms with van der Waals surface area (Å²) < 4.78 is 39.1. The predicted molar refractivity (Wildman–Crippen MR) is 86.9 cm³/mol. The van der Waals surface area contributed by atoms with Gasteiger partial charge in [-0.05, 0) is 25.1 Å². The first-order chi connectivity index (χ1) is 11.2. The Balaban J connectivity index is 2.34. The molecule has 3 N–H and O–H groups in total. The van der Waals surface area contributed by atoms with Gasteiger partial charge in [0.2, 0.25) is 5.95 Å². The number of hydrogen-bond donors (Lipinski definition) is 3. The minimum atomic E-state index is -4.63. The standard InChI is InChI=1S/C14H13Cl2F3N4O/c1-7(6-24)21-12-9(14(17,18)19)5-20-13(23-12)22-8-2-3-10(15)11(16)4-8/h2-5,7,24H,6H2,1H3,(H2,20,21,22,23). The van der Waals surface area contributed by atoms with Crippen molar-refractivity contribution in [3.05, 3.63) is 40.0 Å². The van der Waals surface area contributed by atoms with E-state index in [0.29, 0.717) is 16.9 Å². The van der Waals surface area contributed by atoms with Gasteiger partial charge in [0.15, 0.2) is 0 Å². The first-order valence-electron chi connectivity index (χ1n) is 6.74. The van der Waals surface area contributed by atoms with Crippen LogP contribution in [0.15, 0.2) is 24.4 Å². The molecule has 1 atom stereocenters. The number of halogens is 5. The summed E-state index contributed by atoms with van der Waals surface area (Å²) in [5, 5.41) is 14.9. The second-order valence-corrected chi connectivity index (χ2v) is 5.75. The van der Waals surface area contributed by atoms with E-state index in [1.165, 1.54) is 19.1 Å². The molecule has 5 nitrogen and oxygen atoms in total. The molecule has 0 aliphatic rings. The fourth-order valence-corrected chi connectivity index (χ4v) is 2.04. The molecular weight excluding hydrogens is 368 g/mol. The number of benzene rings is 1. The van der Waals surface area contributed by atoms with Crippen LogP contribution in [-0.4, -0.2) is 27.7 Å². The maximum atomic E-state index is 13.0. The Bertz CT molecular complexity index is 728. The van der Waals surface area contributed by atoms with Crippen molar-refractivity contribution < 1.29 is 18.3 Å². The van der Waals surface area contributed by atoms with Crippen LogP contribution >= 0.6 is 23.2 Å². The second kappa shape index (κ2) is 7.42. The molecule has 0 saturated heterocycles. The molecule has 2 aromatic rings. The molecule has 10 heteroatoms. The summed E-state index contributed by atoms with van der Waals surface area (Å²) in [5.41, 5.74) is -0.562. The lowest BCUT2D eigenvalue weighted by Gasteiger charge is -2.17. The Labute approximate surface area is 145 Å². The van der Waals surface area contributed by atoms with E-state index in [9.17, 15) is 13.2 Å². The monoisotopic (exact) mass is 380 g/mol. The van der Waals surface area contributed by atoms with Gasteiger partial charge in [-0.15, -0.1) is 0 Å². The van der Waals surface area contributed by atoms with Crippen LogP contribution in [-0.2, 0) is 6.18 Å². The second-order valence-electron chi connectivity index (χ2n) is 4.94. The topological polar surface area (TPSA) is 70.1 Å². The highest BCUT2D eigenvalue weighted by Gasteiger charge is 2.35. The van der Waals surface area contributed by atoms with Crippen LogP contribution in [0.5, 0.6) is 0 Å². The molecule has 1 heterocycles. The number of nitrogens with zero attached hydrogens (tertiary/aromatic N) is 2. The molecule has 0 saturated carbocycles. The quantitative estimate of drug-likeness (QED) is 0.719. The van der Waals surface area contributed by atoms with E-state index in [1.54, 1.807) is 6.07 Å². The van der Waals surface area contributed by atoms with E-state index >= 15 is 0 Å². The Kier molecular flexibility index (Phi) is 5.74. The van der Waals surface area contributed by atoms with Crippen molar-refractivity contribution in [1.82, 2.24) is 9.97 Å². The minimum absolute atomic E-state index is 0.0611. The normalized spacial score (nSPS) is 12.8. The number of hydrogen-bond acceptors (Lipinski definition) is 5. The third kappa shape index (κ3) is 4.62. The van der Waals surface area contributed by atoms with Crippen molar-refractivity contribution >= 4 is 40.7 Å². The zero-order valence-electron chi connectivity index (χ0n) is 12.3. The average Bonchev–Trinajstić information content (AvgIpc) is 2.50. The molecule has 0 fully saturated rings. The van der Waals surface area contributed by atoms with E-state index in [0.717, 1.165) is 0 Å². The van der Waals surface area contributed by atoms with Gasteiger partial charge in [-0.1, -0.05) is 23.2 Å². The van der Waals surface area contributed by atoms with Gasteiger partial charge in [0.1, 0.15) is 11.4 Å². The molecular formula is C14H13Cl2F3N4O.